The molecule has 1 saturated heterocycles. The Hall–Kier alpha value is -3.26. The molecule has 13 heteroatoms. The molecule has 1 fully saturated rings. The SMILES string of the molecule is CB1OC(C)(C)c2ccc(CC(=O)[C@@H](CCc3ccc(C(F)(F)F)cc3)NC(=O)[C@@H](N)CCC(=O)N3C[C@H](CN)[C@@H](CN)C3)cc21. The summed E-state index contributed by atoms with van der Waals surface area (Å²) in [6.45, 7) is 7.70. The van der Waals surface area contributed by atoms with E-state index in [0.717, 1.165) is 28.7 Å². The number of nitrogens with zero attached hydrogens (tertiary/aromatic N) is 1. The number of benzene rings is 2. The molecule has 4 rings (SSSR count). The van der Waals surface area contributed by atoms with E-state index in [-0.39, 0.29) is 62.5 Å². The van der Waals surface area contributed by atoms with Gasteiger partial charge < -0.3 is 32.1 Å². The van der Waals surface area contributed by atoms with Gasteiger partial charge in [0.1, 0.15) is 0 Å². The Morgan fingerprint density at radius 1 is 1.02 bits per heavy atom. The number of Topliss-reactive ketones (excluding diaryl/α,β-unsaturated/α-hetero) is 1. The van der Waals surface area contributed by atoms with E-state index in [9.17, 15) is 27.6 Å². The van der Waals surface area contributed by atoms with Gasteiger partial charge in [0.05, 0.1) is 23.2 Å². The molecular weight excluding hydrogens is 598 g/mol. The molecule has 0 aromatic heterocycles. The molecule has 2 aliphatic heterocycles. The lowest BCUT2D eigenvalue weighted by Gasteiger charge is -2.22. The third-order valence-corrected chi connectivity index (χ3v) is 9.30. The van der Waals surface area contributed by atoms with Crippen LogP contribution in [0.25, 0.3) is 0 Å². The van der Waals surface area contributed by atoms with Crippen LogP contribution in [0.15, 0.2) is 42.5 Å². The highest BCUT2D eigenvalue weighted by atomic mass is 19.4. The third kappa shape index (κ3) is 8.55. The Labute approximate surface area is 268 Å². The zero-order valence-electron chi connectivity index (χ0n) is 26.7. The van der Waals surface area contributed by atoms with E-state index in [0.29, 0.717) is 31.7 Å². The Morgan fingerprint density at radius 3 is 2.22 bits per heavy atom. The summed E-state index contributed by atoms with van der Waals surface area (Å²) in [6, 6.07) is 8.53. The number of carbonyl (C=O) groups excluding carboxylic acids is 3. The largest absolute Gasteiger partial charge is 0.422 e. The lowest BCUT2D eigenvalue weighted by Crippen LogP contribution is -2.49. The number of carbonyl (C=O) groups is 3. The quantitative estimate of drug-likeness (QED) is 0.244. The maximum Gasteiger partial charge on any atom is 0.416 e. The molecular formula is C33H45BF3N5O4. The molecule has 46 heavy (non-hydrogen) atoms. The highest BCUT2D eigenvalue weighted by Gasteiger charge is 2.38. The molecule has 250 valence electrons. The van der Waals surface area contributed by atoms with Gasteiger partial charge in [-0.2, -0.15) is 13.2 Å². The topological polar surface area (TPSA) is 154 Å². The molecule has 9 nitrogen and oxygen atoms in total. The molecule has 0 radical (unpaired) electrons. The maximum atomic E-state index is 13.6. The number of aryl methyl sites for hydroxylation is 1. The lowest BCUT2D eigenvalue weighted by molar-refractivity contribution is -0.137. The number of hydrogen-bond donors (Lipinski definition) is 4. The fourth-order valence-corrected chi connectivity index (χ4v) is 6.51. The Bertz CT molecular complexity index is 1390. The van der Waals surface area contributed by atoms with Crippen LogP contribution in [0.4, 0.5) is 13.2 Å². The van der Waals surface area contributed by atoms with Crippen molar-refractivity contribution in [3.8, 4) is 0 Å². The van der Waals surface area contributed by atoms with Gasteiger partial charge in [-0.3, -0.25) is 14.4 Å². The minimum atomic E-state index is -4.46. The first-order valence-corrected chi connectivity index (χ1v) is 15.9. The van der Waals surface area contributed by atoms with Crippen molar-refractivity contribution in [3.63, 3.8) is 0 Å². The monoisotopic (exact) mass is 643 g/mol. The summed E-state index contributed by atoms with van der Waals surface area (Å²) in [5.74, 6) is -0.694. The van der Waals surface area contributed by atoms with Gasteiger partial charge in [0, 0.05) is 25.9 Å². The van der Waals surface area contributed by atoms with Crippen LogP contribution in [0.5, 0.6) is 0 Å². The molecule has 0 saturated carbocycles. The smallest absolute Gasteiger partial charge is 0.416 e. The van der Waals surface area contributed by atoms with Crippen molar-refractivity contribution in [2.45, 2.75) is 76.6 Å². The van der Waals surface area contributed by atoms with Crippen LogP contribution >= 0.6 is 0 Å². The van der Waals surface area contributed by atoms with Crippen molar-refractivity contribution < 1.29 is 32.2 Å². The molecule has 0 unspecified atom stereocenters. The highest BCUT2D eigenvalue weighted by molar-refractivity contribution is 6.67. The molecule has 0 aliphatic carbocycles. The number of likely N-dealkylation sites (tertiary alicyclic amines) is 1. The lowest BCUT2D eigenvalue weighted by atomic mass is 9.63. The van der Waals surface area contributed by atoms with Crippen LogP contribution < -0.4 is 28.0 Å². The molecule has 7 N–H and O–H groups in total. The Morgan fingerprint density at radius 2 is 1.63 bits per heavy atom. The van der Waals surface area contributed by atoms with Crippen LogP contribution in [-0.2, 0) is 43.7 Å². The van der Waals surface area contributed by atoms with E-state index in [2.05, 4.69) is 5.32 Å². The van der Waals surface area contributed by atoms with E-state index >= 15 is 0 Å². The minimum Gasteiger partial charge on any atom is -0.422 e. The zero-order valence-corrected chi connectivity index (χ0v) is 26.7. The van der Waals surface area contributed by atoms with Crippen LogP contribution in [0.1, 0.15) is 55.4 Å². The predicted molar refractivity (Wildman–Crippen MR) is 171 cm³/mol. The number of alkyl halides is 3. The van der Waals surface area contributed by atoms with Crippen molar-refractivity contribution in [2.75, 3.05) is 26.2 Å². The second-order valence-corrected chi connectivity index (χ2v) is 13.1. The van der Waals surface area contributed by atoms with Crippen LogP contribution in [-0.4, -0.2) is 67.7 Å². The number of amides is 2. The number of ketones is 1. The second kappa shape index (κ2) is 14.7. The van der Waals surface area contributed by atoms with Gasteiger partial charge in [-0.15, -0.1) is 0 Å². The average Bonchev–Trinajstić information content (AvgIpc) is 3.54. The molecule has 2 aliphatic rings. The van der Waals surface area contributed by atoms with Gasteiger partial charge >= 0.3 is 13.1 Å². The number of hydrogen-bond acceptors (Lipinski definition) is 7. The van der Waals surface area contributed by atoms with E-state index in [1.807, 2.05) is 38.9 Å². The van der Waals surface area contributed by atoms with Crippen molar-refractivity contribution >= 4 is 30.0 Å². The van der Waals surface area contributed by atoms with E-state index in [4.69, 9.17) is 21.9 Å². The third-order valence-electron chi connectivity index (χ3n) is 9.30. The maximum absolute atomic E-state index is 13.6. The Kier molecular flexibility index (Phi) is 11.3. The fourth-order valence-electron chi connectivity index (χ4n) is 6.51. The van der Waals surface area contributed by atoms with Crippen LogP contribution in [0.2, 0.25) is 6.82 Å². The Balaban J connectivity index is 1.42. The first-order chi connectivity index (χ1) is 21.6. The van der Waals surface area contributed by atoms with Gasteiger partial charge in [0.15, 0.2) is 5.78 Å². The minimum absolute atomic E-state index is 0.0334. The summed E-state index contributed by atoms with van der Waals surface area (Å²) >= 11 is 0. The average molecular weight is 644 g/mol. The van der Waals surface area contributed by atoms with Gasteiger partial charge in [0.25, 0.3) is 0 Å². The van der Waals surface area contributed by atoms with E-state index < -0.39 is 35.3 Å². The molecule has 4 atom stereocenters. The van der Waals surface area contributed by atoms with Gasteiger partial charge in [-0.25, -0.2) is 0 Å². The molecule has 0 bridgehead atoms. The normalized spacial score (nSPS) is 20.4. The van der Waals surface area contributed by atoms with E-state index in [1.165, 1.54) is 12.1 Å². The van der Waals surface area contributed by atoms with Crippen LogP contribution in [0, 0.1) is 11.8 Å². The van der Waals surface area contributed by atoms with Crippen molar-refractivity contribution in [3.05, 3.63) is 64.7 Å². The molecule has 2 heterocycles. The van der Waals surface area contributed by atoms with Crippen molar-refractivity contribution in [1.29, 1.82) is 0 Å². The molecule has 2 aromatic rings. The molecule has 0 spiro atoms. The first kappa shape index (κ1) is 35.6. The summed E-state index contributed by atoms with van der Waals surface area (Å²) in [6.07, 6.45) is -3.87. The number of halogens is 3. The van der Waals surface area contributed by atoms with Crippen molar-refractivity contribution in [2.24, 2.45) is 29.0 Å². The molecule has 2 amide bonds. The number of nitrogens with two attached hydrogens (primary N) is 3. The van der Waals surface area contributed by atoms with Gasteiger partial charge in [-0.05, 0) is 92.3 Å². The van der Waals surface area contributed by atoms with Gasteiger partial charge in [0.2, 0.25) is 11.8 Å². The highest BCUT2D eigenvalue weighted by Crippen LogP contribution is 2.31. The summed E-state index contributed by atoms with van der Waals surface area (Å²) in [7, 11) is 0. The van der Waals surface area contributed by atoms with Gasteiger partial charge in [-0.1, -0.05) is 37.2 Å². The summed E-state index contributed by atoms with van der Waals surface area (Å²) < 4.78 is 45.2. The standard InChI is InChI=1S/C33H45BF3N5O4/c1-32(2)25-10-6-21(14-26(25)34(3)46-32)15-29(43)28(12-7-20-4-8-24(9-5-20)33(35,36)37)41-31(45)27(40)11-13-30(44)42-18-22(16-38)23(17-39)19-42/h4-6,8-10,14,22-23,27-28H,7,11-13,15-19,38-40H2,1-3H3,(H,41,45)/t22-,23-,27-,28+/m0/s1. The zero-order chi connectivity index (χ0) is 33.8. The molecule has 2 aromatic carbocycles. The summed E-state index contributed by atoms with van der Waals surface area (Å²) in [5.41, 5.74) is 20.0. The first-order valence-electron chi connectivity index (χ1n) is 15.9. The number of rotatable bonds is 13. The fraction of sp³-hybridized carbons (Fsp3) is 0.545. The van der Waals surface area contributed by atoms with E-state index in [1.54, 1.807) is 4.90 Å². The predicted octanol–water partition coefficient (Wildman–Crippen LogP) is 2.13. The summed E-state index contributed by atoms with van der Waals surface area (Å²) in [5, 5.41) is 2.77. The van der Waals surface area contributed by atoms with Crippen LogP contribution in [0.3, 0.4) is 0 Å². The van der Waals surface area contributed by atoms with Crippen molar-refractivity contribution in [1.82, 2.24) is 10.2 Å². The summed E-state index contributed by atoms with van der Waals surface area (Å²) in [4.78, 5) is 41.4. The number of fused-ring (bicyclic) bond motifs is 1. The number of nitrogens with one attached hydrogen (secondary N) is 1. The second-order valence-electron chi connectivity index (χ2n) is 13.1.